The van der Waals surface area contributed by atoms with Gasteiger partial charge in [-0.15, -0.1) is 0 Å². The molecule has 0 bridgehead atoms. The molecule has 1 aliphatic rings. The number of ether oxygens (including phenoxy) is 1. The smallest absolute Gasteiger partial charge is 0.308 e. The van der Waals surface area contributed by atoms with Gasteiger partial charge in [-0.2, -0.15) is 0 Å². The van der Waals surface area contributed by atoms with Crippen LogP contribution in [-0.4, -0.2) is 35.1 Å². The molecule has 0 atom stereocenters. The Kier molecular flexibility index (Phi) is 5.54. The van der Waals surface area contributed by atoms with E-state index in [0.717, 1.165) is 12.8 Å². The second-order valence-corrected chi connectivity index (χ2v) is 6.45. The van der Waals surface area contributed by atoms with Crippen LogP contribution in [0.2, 0.25) is 0 Å². The number of hydrogen-bond donors (Lipinski definition) is 1. The number of nitrogens with zero attached hydrogens (tertiary/aromatic N) is 1. The maximum atomic E-state index is 12.6. The van der Waals surface area contributed by atoms with Crippen LogP contribution in [0.1, 0.15) is 57.8 Å². The summed E-state index contributed by atoms with van der Waals surface area (Å²) in [6.45, 7) is 3.64. The van der Waals surface area contributed by atoms with Gasteiger partial charge in [0.1, 0.15) is 5.75 Å². The predicted molar refractivity (Wildman–Crippen MR) is 102 cm³/mol. The minimum absolute atomic E-state index is 0.238. The van der Waals surface area contributed by atoms with Crippen molar-refractivity contribution in [3.63, 3.8) is 0 Å². The van der Waals surface area contributed by atoms with Crippen molar-refractivity contribution in [3.8, 4) is 5.75 Å². The van der Waals surface area contributed by atoms with Crippen LogP contribution < -0.4 is 10.1 Å². The van der Waals surface area contributed by atoms with E-state index in [1.165, 1.54) is 36.1 Å². The second kappa shape index (κ2) is 8.04. The van der Waals surface area contributed by atoms with Crippen molar-refractivity contribution < 1.29 is 23.9 Å². The fraction of sp³-hybridized carbons (Fsp3) is 0.238. The molecule has 1 aliphatic heterocycles. The average Bonchev–Trinajstić information content (AvgIpc) is 2.90. The minimum Gasteiger partial charge on any atom is -0.427 e. The van der Waals surface area contributed by atoms with Crippen molar-refractivity contribution in [1.29, 1.82) is 0 Å². The van der Waals surface area contributed by atoms with Gasteiger partial charge in [0, 0.05) is 30.8 Å². The summed E-state index contributed by atoms with van der Waals surface area (Å²) in [5, 5.41) is 2.69. The van der Waals surface area contributed by atoms with Gasteiger partial charge in [0.25, 0.3) is 17.7 Å². The van der Waals surface area contributed by atoms with Gasteiger partial charge in [0.2, 0.25) is 0 Å². The zero-order valence-electron chi connectivity index (χ0n) is 15.7. The third-order valence-corrected chi connectivity index (χ3v) is 4.32. The van der Waals surface area contributed by atoms with Crippen molar-refractivity contribution in [2.24, 2.45) is 0 Å². The molecule has 7 heteroatoms. The maximum absolute atomic E-state index is 12.6. The zero-order valence-corrected chi connectivity index (χ0v) is 15.7. The molecule has 7 nitrogen and oxygen atoms in total. The van der Waals surface area contributed by atoms with Gasteiger partial charge in [-0.1, -0.05) is 19.4 Å². The summed E-state index contributed by atoms with van der Waals surface area (Å²) in [7, 11) is 0. The highest BCUT2D eigenvalue weighted by Gasteiger charge is 2.35. The van der Waals surface area contributed by atoms with Crippen LogP contribution >= 0.6 is 0 Å². The Balaban J connectivity index is 1.78. The molecule has 0 spiro atoms. The molecule has 0 saturated carbocycles. The molecule has 0 unspecified atom stereocenters. The number of unbranched alkanes of at least 4 members (excludes halogenated alkanes) is 1. The Hall–Kier alpha value is -3.48. The number of amides is 3. The molecule has 1 heterocycles. The van der Waals surface area contributed by atoms with Crippen LogP contribution in [0.4, 0.5) is 5.69 Å². The van der Waals surface area contributed by atoms with E-state index in [9.17, 15) is 19.2 Å². The molecule has 2 aromatic rings. The second-order valence-electron chi connectivity index (χ2n) is 6.45. The van der Waals surface area contributed by atoms with E-state index < -0.39 is 11.9 Å². The molecule has 0 radical (unpaired) electrons. The molecule has 0 saturated heterocycles. The van der Waals surface area contributed by atoms with Crippen LogP contribution in [0.25, 0.3) is 0 Å². The number of fused-ring (bicyclic) bond motifs is 1. The Bertz CT molecular complexity index is 967. The lowest BCUT2D eigenvalue weighted by molar-refractivity contribution is -0.131. The number of rotatable bonds is 6. The lowest BCUT2D eigenvalue weighted by Crippen LogP contribution is -2.30. The first-order chi connectivity index (χ1) is 13.4. The molecule has 0 aliphatic carbocycles. The van der Waals surface area contributed by atoms with E-state index >= 15 is 0 Å². The summed E-state index contributed by atoms with van der Waals surface area (Å²) in [5.74, 6) is -1.28. The normalized spacial score (nSPS) is 12.7. The van der Waals surface area contributed by atoms with Gasteiger partial charge in [-0.25, -0.2) is 0 Å². The standard InChI is InChI=1S/C21H20N2O5/c1-3-4-10-23-20(26)17-9-8-14(11-18(17)21(23)27)19(25)22-15-6-5-7-16(12-15)28-13(2)24/h5-9,11-12H,3-4,10H2,1-2H3,(H,22,25). The van der Waals surface area contributed by atoms with Gasteiger partial charge >= 0.3 is 5.97 Å². The van der Waals surface area contributed by atoms with Gasteiger partial charge in [0.15, 0.2) is 0 Å². The van der Waals surface area contributed by atoms with Crippen LogP contribution in [-0.2, 0) is 4.79 Å². The third-order valence-electron chi connectivity index (χ3n) is 4.32. The first kappa shape index (κ1) is 19.3. The van der Waals surface area contributed by atoms with E-state index in [2.05, 4.69) is 5.32 Å². The summed E-state index contributed by atoms with van der Waals surface area (Å²) < 4.78 is 4.99. The van der Waals surface area contributed by atoms with E-state index in [-0.39, 0.29) is 22.9 Å². The number of anilines is 1. The van der Waals surface area contributed by atoms with Crippen LogP contribution in [0.15, 0.2) is 42.5 Å². The lowest BCUT2D eigenvalue weighted by atomic mass is 10.1. The molecule has 28 heavy (non-hydrogen) atoms. The van der Waals surface area contributed by atoms with Gasteiger partial charge in [-0.3, -0.25) is 24.1 Å². The Morgan fingerprint density at radius 3 is 2.50 bits per heavy atom. The van der Waals surface area contributed by atoms with Gasteiger partial charge in [-0.05, 0) is 36.8 Å². The van der Waals surface area contributed by atoms with Crippen molar-refractivity contribution in [2.45, 2.75) is 26.7 Å². The molecule has 0 fully saturated rings. The molecule has 2 aromatic carbocycles. The fourth-order valence-corrected chi connectivity index (χ4v) is 2.96. The minimum atomic E-state index is -0.460. The molecule has 144 valence electrons. The SMILES string of the molecule is CCCCN1C(=O)c2ccc(C(=O)Nc3cccc(OC(C)=O)c3)cc2C1=O. The lowest BCUT2D eigenvalue weighted by Gasteiger charge is -2.12. The number of hydrogen-bond acceptors (Lipinski definition) is 5. The Morgan fingerprint density at radius 1 is 1.04 bits per heavy atom. The zero-order chi connectivity index (χ0) is 20.3. The fourth-order valence-electron chi connectivity index (χ4n) is 2.96. The van der Waals surface area contributed by atoms with Crippen LogP contribution in [0.5, 0.6) is 5.75 Å². The van der Waals surface area contributed by atoms with Crippen LogP contribution in [0.3, 0.4) is 0 Å². The largest absolute Gasteiger partial charge is 0.427 e. The van der Waals surface area contributed by atoms with E-state index in [1.807, 2.05) is 6.92 Å². The van der Waals surface area contributed by atoms with Gasteiger partial charge < -0.3 is 10.1 Å². The Labute approximate surface area is 162 Å². The van der Waals surface area contributed by atoms with Crippen LogP contribution in [0, 0.1) is 0 Å². The summed E-state index contributed by atoms with van der Waals surface area (Å²) in [4.78, 5) is 49.7. The molecule has 0 aromatic heterocycles. The summed E-state index contributed by atoms with van der Waals surface area (Å²) in [6, 6.07) is 10.9. The first-order valence-electron chi connectivity index (χ1n) is 9.00. The Morgan fingerprint density at radius 2 is 1.79 bits per heavy atom. The molecule has 3 amide bonds. The van der Waals surface area contributed by atoms with E-state index in [4.69, 9.17) is 4.74 Å². The van der Waals surface area contributed by atoms with E-state index in [0.29, 0.717) is 23.5 Å². The number of esters is 1. The van der Waals surface area contributed by atoms with Crippen molar-refractivity contribution >= 4 is 29.4 Å². The molecule has 1 N–H and O–H groups in total. The number of imide groups is 1. The maximum Gasteiger partial charge on any atom is 0.308 e. The quantitative estimate of drug-likeness (QED) is 0.472. The van der Waals surface area contributed by atoms with Crippen molar-refractivity contribution in [2.75, 3.05) is 11.9 Å². The topological polar surface area (TPSA) is 92.8 Å². The number of carbonyl (C=O) groups is 4. The van der Waals surface area contributed by atoms with Gasteiger partial charge in [0.05, 0.1) is 11.1 Å². The molecular weight excluding hydrogens is 360 g/mol. The first-order valence-corrected chi connectivity index (χ1v) is 9.00. The molecule has 3 rings (SSSR count). The number of nitrogens with one attached hydrogen (secondary N) is 1. The highest BCUT2D eigenvalue weighted by Crippen LogP contribution is 2.25. The molecular formula is C21H20N2O5. The third kappa shape index (κ3) is 3.93. The summed E-state index contributed by atoms with van der Waals surface area (Å²) >= 11 is 0. The number of benzene rings is 2. The predicted octanol–water partition coefficient (Wildman–Crippen LogP) is 3.26. The van der Waals surface area contributed by atoms with Crippen molar-refractivity contribution in [3.05, 3.63) is 59.2 Å². The summed E-state index contributed by atoms with van der Waals surface area (Å²) in [5.41, 5.74) is 1.25. The highest BCUT2D eigenvalue weighted by atomic mass is 16.5. The summed E-state index contributed by atoms with van der Waals surface area (Å²) in [6.07, 6.45) is 1.60. The van der Waals surface area contributed by atoms with Crippen molar-refractivity contribution in [1.82, 2.24) is 4.90 Å². The highest BCUT2D eigenvalue weighted by molar-refractivity contribution is 6.22. The average molecular weight is 380 g/mol. The van der Waals surface area contributed by atoms with E-state index in [1.54, 1.807) is 18.2 Å². The monoisotopic (exact) mass is 380 g/mol. The number of carbonyl (C=O) groups excluding carboxylic acids is 4.